The summed E-state index contributed by atoms with van der Waals surface area (Å²) in [5, 5.41) is 0.762. The van der Waals surface area contributed by atoms with Gasteiger partial charge in [0.25, 0.3) is 0 Å². The number of nitrogens with zero attached hydrogens (tertiary/aromatic N) is 2. The van der Waals surface area contributed by atoms with Crippen LogP contribution in [0.5, 0.6) is 0 Å². The summed E-state index contributed by atoms with van der Waals surface area (Å²) in [5.74, 6) is 2.82. The third kappa shape index (κ3) is 1.80. The zero-order valence-electron chi connectivity index (χ0n) is 11.9. The number of rotatable bonds is 1. The molecule has 0 spiro atoms. The number of hydrogen-bond donors (Lipinski definition) is 0. The van der Waals surface area contributed by atoms with Crippen LogP contribution in [0, 0.1) is 17.8 Å². The number of fused-ring (bicyclic) bond motifs is 1. The zero-order valence-corrected chi connectivity index (χ0v) is 14.2. The molecule has 4 heteroatoms. The lowest BCUT2D eigenvalue weighted by Crippen LogP contribution is -2.48. The SMILES string of the molecule is Clc1ccc2nc(C34CC5CC(CC(C5)C3)C4)c(Br)n2c1. The molecule has 0 N–H and O–H groups in total. The first-order chi connectivity index (χ1) is 10.1. The Morgan fingerprint density at radius 2 is 1.71 bits per heavy atom. The van der Waals surface area contributed by atoms with Crippen molar-refractivity contribution in [2.45, 2.75) is 43.9 Å². The third-order valence-electron chi connectivity index (χ3n) is 6.06. The maximum atomic E-state index is 6.15. The zero-order chi connectivity index (χ0) is 14.2. The van der Waals surface area contributed by atoms with E-state index in [2.05, 4.69) is 20.3 Å². The van der Waals surface area contributed by atoms with Gasteiger partial charge in [0, 0.05) is 11.6 Å². The molecule has 2 aromatic rings. The minimum Gasteiger partial charge on any atom is -0.292 e. The second-order valence-corrected chi connectivity index (χ2v) is 8.71. The van der Waals surface area contributed by atoms with E-state index in [1.807, 2.05) is 18.3 Å². The molecule has 4 aliphatic rings. The van der Waals surface area contributed by atoms with Crippen LogP contribution in [0.2, 0.25) is 5.02 Å². The van der Waals surface area contributed by atoms with E-state index >= 15 is 0 Å². The molecule has 2 aromatic heterocycles. The Bertz CT molecular complexity index is 700. The smallest absolute Gasteiger partial charge is 0.138 e. The summed E-state index contributed by atoms with van der Waals surface area (Å²) in [6.07, 6.45) is 10.4. The van der Waals surface area contributed by atoms with Crippen molar-refractivity contribution in [3.8, 4) is 0 Å². The highest BCUT2D eigenvalue weighted by Crippen LogP contribution is 2.61. The summed E-state index contributed by atoms with van der Waals surface area (Å²) >= 11 is 9.97. The van der Waals surface area contributed by atoms with Crippen LogP contribution < -0.4 is 0 Å². The summed E-state index contributed by atoms with van der Waals surface area (Å²) < 4.78 is 3.23. The largest absolute Gasteiger partial charge is 0.292 e. The summed E-state index contributed by atoms with van der Waals surface area (Å²) in [7, 11) is 0. The summed E-state index contributed by atoms with van der Waals surface area (Å²) in [6, 6.07) is 3.96. The molecule has 4 bridgehead atoms. The lowest BCUT2D eigenvalue weighted by atomic mass is 9.49. The fourth-order valence-corrected chi connectivity index (χ4v) is 6.68. The van der Waals surface area contributed by atoms with Crippen LogP contribution in [0.1, 0.15) is 44.2 Å². The Labute approximate surface area is 138 Å². The molecule has 0 aliphatic heterocycles. The van der Waals surface area contributed by atoms with Gasteiger partial charge >= 0.3 is 0 Å². The molecule has 4 fully saturated rings. The Morgan fingerprint density at radius 1 is 1.10 bits per heavy atom. The maximum absolute atomic E-state index is 6.15. The second-order valence-electron chi connectivity index (χ2n) is 7.52. The molecule has 0 atom stereocenters. The molecule has 4 aliphatic carbocycles. The Hall–Kier alpha value is -0.540. The number of halogens is 2. The van der Waals surface area contributed by atoms with Crippen LogP contribution in [0.15, 0.2) is 22.9 Å². The van der Waals surface area contributed by atoms with Gasteiger partial charge in [-0.1, -0.05) is 11.6 Å². The van der Waals surface area contributed by atoms with Gasteiger partial charge in [0.2, 0.25) is 0 Å². The van der Waals surface area contributed by atoms with E-state index in [1.54, 1.807) is 0 Å². The van der Waals surface area contributed by atoms with Crippen molar-refractivity contribution in [2.24, 2.45) is 17.8 Å². The van der Waals surface area contributed by atoms with Crippen molar-refractivity contribution in [2.75, 3.05) is 0 Å². The van der Waals surface area contributed by atoms with Gasteiger partial charge in [0.05, 0.1) is 10.7 Å². The Kier molecular flexibility index (Phi) is 2.63. The molecule has 0 saturated heterocycles. The number of aromatic nitrogens is 2. The van der Waals surface area contributed by atoms with Crippen molar-refractivity contribution in [1.29, 1.82) is 0 Å². The molecule has 2 nitrogen and oxygen atoms in total. The van der Waals surface area contributed by atoms with Crippen molar-refractivity contribution in [3.05, 3.63) is 33.6 Å². The highest BCUT2D eigenvalue weighted by atomic mass is 79.9. The fourth-order valence-electron chi connectivity index (χ4n) is 5.73. The van der Waals surface area contributed by atoms with Gasteiger partial charge in [0.1, 0.15) is 10.3 Å². The number of imidazole rings is 1. The quantitative estimate of drug-likeness (QED) is 0.677. The van der Waals surface area contributed by atoms with E-state index in [0.29, 0.717) is 5.41 Å². The van der Waals surface area contributed by atoms with Gasteiger partial charge in [-0.3, -0.25) is 4.40 Å². The number of hydrogen-bond acceptors (Lipinski definition) is 1. The van der Waals surface area contributed by atoms with Gasteiger partial charge in [-0.05, 0) is 84.3 Å². The van der Waals surface area contributed by atoms with Crippen molar-refractivity contribution in [1.82, 2.24) is 9.38 Å². The monoisotopic (exact) mass is 364 g/mol. The van der Waals surface area contributed by atoms with Gasteiger partial charge in [-0.25, -0.2) is 4.98 Å². The number of pyridine rings is 1. The van der Waals surface area contributed by atoms with E-state index in [-0.39, 0.29) is 0 Å². The standard InChI is InChI=1S/C17H18BrClN2/c18-16-15(20-14-2-1-13(19)9-21(14)16)17-6-10-3-11(7-17)5-12(4-10)8-17/h1-2,9-12H,3-8H2. The summed E-state index contributed by atoms with van der Waals surface area (Å²) in [4.78, 5) is 5.00. The lowest BCUT2D eigenvalue weighted by Gasteiger charge is -2.56. The van der Waals surface area contributed by atoms with Gasteiger partial charge in [0.15, 0.2) is 0 Å². The Morgan fingerprint density at radius 3 is 2.33 bits per heavy atom. The lowest BCUT2D eigenvalue weighted by molar-refractivity contribution is -0.00733. The molecule has 110 valence electrons. The van der Waals surface area contributed by atoms with Gasteiger partial charge in [-0.2, -0.15) is 0 Å². The first-order valence-electron chi connectivity index (χ1n) is 7.96. The third-order valence-corrected chi connectivity index (χ3v) is 7.05. The predicted octanol–water partition coefficient (Wildman–Crippen LogP) is 5.22. The average Bonchev–Trinajstić information content (AvgIpc) is 2.75. The minimum absolute atomic E-state index is 0.325. The molecule has 4 saturated carbocycles. The first-order valence-corrected chi connectivity index (χ1v) is 9.14. The molecular weight excluding hydrogens is 348 g/mol. The second kappa shape index (κ2) is 4.26. The van der Waals surface area contributed by atoms with Crippen molar-refractivity contribution in [3.63, 3.8) is 0 Å². The predicted molar refractivity (Wildman–Crippen MR) is 87.8 cm³/mol. The highest BCUT2D eigenvalue weighted by Gasteiger charge is 2.53. The maximum Gasteiger partial charge on any atom is 0.138 e. The summed E-state index contributed by atoms with van der Waals surface area (Å²) in [5.41, 5.74) is 2.63. The van der Waals surface area contributed by atoms with Crippen LogP contribution in [0.3, 0.4) is 0 Å². The average molecular weight is 366 g/mol. The van der Waals surface area contributed by atoms with Crippen LogP contribution >= 0.6 is 27.5 Å². The van der Waals surface area contributed by atoms with Crippen LogP contribution in [0.25, 0.3) is 5.65 Å². The van der Waals surface area contributed by atoms with Gasteiger partial charge < -0.3 is 0 Å². The molecule has 0 radical (unpaired) electrons. The van der Waals surface area contributed by atoms with E-state index in [4.69, 9.17) is 16.6 Å². The molecule has 0 aromatic carbocycles. The molecule has 2 heterocycles. The van der Waals surface area contributed by atoms with Crippen molar-refractivity contribution >= 4 is 33.2 Å². The minimum atomic E-state index is 0.325. The van der Waals surface area contributed by atoms with E-state index in [1.165, 1.54) is 44.2 Å². The highest BCUT2D eigenvalue weighted by molar-refractivity contribution is 9.10. The van der Waals surface area contributed by atoms with Crippen LogP contribution in [-0.4, -0.2) is 9.38 Å². The van der Waals surface area contributed by atoms with E-state index in [0.717, 1.165) is 33.0 Å². The van der Waals surface area contributed by atoms with E-state index in [9.17, 15) is 0 Å². The van der Waals surface area contributed by atoms with Crippen LogP contribution in [-0.2, 0) is 5.41 Å². The van der Waals surface area contributed by atoms with Crippen LogP contribution in [0.4, 0.5) is 0 Å². The molecule has 21 heavy (non-hydrogen) atoms. The summed E-state index contributed by atoms with van der Waals surface area (Å²) in [6.45, 7) is 0. The van der Waals surface area contributed by atoms with Gasteiger partial charge in [-0.15, -0.1) is 0 Å². The molecule has 6 rings (SSSR count). The Balaban J connectivity index is 1.68. The fraction of sp³-hybridized carbons (Fsp3) is 0.588. The van der Waals surface area contributed by atoms with Crippen molar-refractivity contribution < 1.29 is 0 Å². The first kappa shape index (κ1) is 13.0. The van der Waals surface area contributed by atoms with E-state index < -0.39 is 0 Å². The molecular formula is C17H18BrClN2. The molecule has 0 unspecified atom stereocenters. The topological polar surface area (TPSA) is 17.3 Å². The molecule has 0 amide bonds. The normalized spacial score (nSPS) is 37.5.